The zero-order valence-electron chi connectivity index (χ0n) is 18.8. The summed E-state index contributed by atoms with van der Waals surface area (Å²) >= 11 is 6.15. The fraction of sp³-hybridized carbons (Fsp3) is 0.400. The van der Waals surface area contributed by atoms with E-state index in [2.05, 4.69) is 15.6 Å². The second-order valence-corrected chi connectivity index (χ2v) is 8.51. The lowest BCUT2D eigenvalue weighted by atomic mass is 9.89. The molecule has 4 rings (SSSR count). The van der Waals surface area contributed by atoms with Gasteiger partial charge in [0.25, 0.3) is 0 Å². The lowest BCUT2D eigenvalue weighted by Crippen LogP contribution is -2.45. The molecule has 0 saturated heterocycles. The minimum atomic E-state index is 0.326. The number of ether oxygens (including phenoxy) is 3. The van der Waals surface area contributed by atoms with E-state index < -0.39 is 0 Å². The van der Waals surface area contributed by atoms with E-state index >= 15 is 0 Å². The van der Waals surface area contributed by atoms with Gasteiger partial charge in [-0.1, -0.05) is 24.4 Å². The van der Waals surface area contributed by atoms with Crippen molar-refractivity contribution in [2.75, 3.05) is 26.6 Å². The molecule has 6 nitrogen and oxygen atoms in total. The summed E-state index contributed by atoms with van der Waals surface area (Å²) < 4.78 is 16.4. The van der Waals surface area contributed by atoms with Gasteiger partial charge in [-0.05, 0) is 54.8 Å². The predicted molar refractivity (Wildman–Crippen MR) is 129 cm³/mol. The third-order valence-electron chi connectivity index (χ3n) is 6.10. The lowest BCUT2D eigenvalue weighted by Gasteiger charge is -2.34. The van der Waals surface area contributed by atoms with Gasteiger partial charge in [0.15, 0.2) is 11.5 Å². The first-order chi connectivity index (χ1) is 15.6. The molecule has 2 N–H and O–H groups in total. The van der Waals surface area contributed by atoms with Crippen LogP contribution >= 0.6 is 11.6 Å². The molecule has 32 heavy (non-hydrogen) atoms. The summed E-state index contributed by atoms with van der Waals surface area (Å²) in [4.78, 5) is 4.46. The van der Waals surface area contributed by atoms with Gasteiger partial charge >= 0.3 is 0 Å². The average Bonchev–Trinajstić information content (AvgIpc) is 2.82. The number of hydrogen-bond acceptors (Lipinski definition) is 6. The fourth-order valence-corrected chi connectivity index (χ4v) is 4.65. The number of halogens is 1. The number of nitrogens with zero attached hydrogens (tertiary/aromatic N) is 1. The summed E-state index contributed by atoms with van der Waals surface area (Å²) in [5, 5.41) is 9.32. The summed E-state index contributed by atoms with van der Waals surface area (Å²) in [6.45, 7) is 0.715. The number of pyridine rings is 1. The smallest absolute Gasteiger partial charge is 0.203 e. The van der Waals surface area contributed by atoms with E-state index in [1.54, 1.807) is 21.3 Å². The van der Waals surface area contributed by atoms with Crippen LogP contribution in [0.2, 0.25) is 5.02 Å². The minimum absolute atomic E-state index is 0.326. The summed E-state index contributed by atoms with van der Waals surface area (Å²) in [6.07, 6.45) is 6.51. The molecule has 3 aromatic rings. The molecule has 1 aromatic heterocycles. The van der Waals surface area contributed by atoms with E-state index in [4.69, 9.17) is 25.8 Å². The first-order valence-electron chi connectivity index (χ1n) is 11.0. The number of nitrogens with one attached hydrogen (secondary N) is 2. The highest BCUT2D eigenvalue weighted by molar-refractivity contribution is 6.31. The molecule has 7 heteroatoms. The zero-order chi connectivity index (χ0) is 22.5. The van der Waals surface area contributed by atoms with Crippen LogP contribution < -0.4 is 24.8 Å². The molecule has 0 bridgehead atoms. The van der Waals surface area contributed by atoms with Gasteiger partial charge in [0, 0.05) is 40.9 Å². The summed E-state index contributed by atoms with van der Waals surface area (Å²) in [5.41, 5.74) is 3.09. The third kappa shape index (κ3) is 4.87. The Morgan fingerprint density at radius 1 is 0.938 bits per heavy atom. The molecule has 0 aliphatic heterocycles. The number of aromatic nitrogens is 1. The Hall–Kier alpha value is -2.70. The van der Waals surface area contributed by atoms with Crippen molar-refractivity contribution in [3.05, 3.63) is 53.2 Å². The number of rotatable bonds is 8. The first-order valence-corrected chi connectivity index (χ1v) is 11.3. The zero-order valence-corrected chi connectivity index (χ0v) is 19.5. The summed E-state index contributed by atoms with van der Waals surface area (Å²) in [7, 11) is 4.90. The Balaban J connectivity index is 1.50. The SMILES string of the molecule is COc1cc(CN[C@H]2CCCC[C@@H]2Nc2ccnc3cc(Cl)ccc23)cc(OC)c1OC. The highest BCUT2D eigenvalue weighted by Gasteiger charge is 2.25. The van der Waals surface area contributed by atoms with Gasteiger partial charge in [0.2, 0.25) is 5.75 Å². The Morgan fingerprint density at radius 3 is 2.34 bits per heavy atom. The molecule has 1 heterocycles. The lowest BCUT2D eigenvalue weighted by molar-refractivity contribution is 0.321. The Kier molecular flexibility index (Phi) is 7.22. The molecular weight excluding hydrogens is 426 g/mol. The van der Waals surface area contributed by atoms with Crippen molar-refractivity contribution in [3.8, 4) is 17.2 Å². The maximum Gasteiger partial charge on any atom is 0.203 e. The molecule has 1 aliphatic carbocycles. The van der Waals surface area contributed by atoms with E-state index in [-0.39, 0.29) is 0 Å². The maximum absolute atomic E-state index is 6.15. The Labute approximate surface area is 194 Å². The van der Waals surface area contributed by atoms with Gasteiger partial charge in [-0.3, -0.25) is 4.98 Å². The van der Waals surface area contributed by atoms with E-state index in [0.29, 0.717) is 40.9 Å². The molecule has 0 spiro atoms. The second-order valence-electron chi connectivity index (χ2n) is 8.08. The van der Waals surface area contributed by atoms with Crippen molar-refractivity contribution < 1.29 is 14.2 Å². The van der Waals surface area contributed by atoms with Crippen LogP contribution in [0.4, 0.5) is 5.69 Å². The Morgan fingerprint density at radius 2 is 1.66 bits per heavy atom. The number of benzene rings is 2. The van der Waals surface area contributed by atoms with E-state index in [9.17, 15) is 0 Å². The highest BCUT2D eigenvalue weighted by Crippen LogP contribution is 2.38. The van der Waals surface area contributed by atoms with Crippen LogP contribution in [-0.2, 0) is 6.54 Å². The van der Waals surface area contributed by atoms with E-state index in [0.717, 1.165) is 35.0 Å². The molecular formula is C25H30ClN3O3. The van der Waals surface area contributed by atoms with E-state index in [1.807, 2.05) is 42.6 Å². The number of methoxy groups -OCH3 is 3. The molecule has 0 unspecified atom stereocenters. The molecule has 2 aromatic carbocycles. The largest absolute Gasteiger partial charge is 0.493 e. The normalized spacial score (nSPS) is 18.4. The number of fused-ring (bicyclic) bond motifs is 1. The minimum Gasteiger partial charge on any atom is -0.493 e. The van der Waals surface area contributed by atoms with Crippen LogP contribution in [-0.4, -0.2) is 38.4 Å². The van der Waals surface area contributed by atoms with Crippen LogP contribution in [0.3, 0.4) is 0 Å². The molecule has 2 atom stereocenters. The van der Waals surface area contributed by atoms with Crippen molar-refractivity contribution in [2.45, 2.75) is 44.3 Å². The average molecular weight is 456 g/mol. The maximum atomic E-state index is 6.15. The molecule has 1 fully saturated rings. The fourth-order valence-electron chi connectivity index (χ4n) is 4.48. The summed E-state index contributed by atoms with van der Waals surface area (Å²) in [6, 6.07) is 12.6. The van der Waals surface area contributed by atoms with Gasteiger partial charge in [-0.25, -0.2) is 0 Å². The quantitative estimate of drug-likeness (QED) is 0.472. The topological polar surface area (TPSA) is 64.6 Å². The van der Waals surface area contributed by atoms with Crippen molar-refractivity contribution in [1.29, 1.82) is 0 Å². The molecule has 0 amide bonds. The molecule has 1 aliphatic rings. The first kappa shape index (κ1) is 22.5. The molecule has 1 saturated carbocycles. The van der Waals surface area contributed by atoms with Gasteiger partial charge < -0.3 is 24.8 Å². The van der Waals surface area contributed by atoms with Crippen molar-refractivity contribution in [2.24, 2.45) is 0 Å². The third-order valence-corrected chi connectivity index (χ3v) is 6.34. The monoisotopic (exact) mass is 455 g/mol. The standard InChI is InChI=1S/C25H30ClN3O3/c1-30-23-12-16(13-24(31-2)25(23)32-3)15-28-20-6-4-5-7-21(20)29-19-10-11-27-22-14-17(26)8-9-18(19)22/h8-14,20-21,28H,4-7,15H2,1-3H3,(H,27,29)/t20-,21-/m0/s1. The van der Waals surface area contributed by atoms with Crippen LogP contribution in [0.5, 0.6) is 17.2 Å². The number of hydrogen-bond donors (Lipinski definition) is 2. The van der Waals surface area contributed by atoms with E-state index in [1.165, 1.54) is 12.8 Å². The molecule has 0 radical (unpaired) electrons. The highest BCUT2D eigenvalue weighted by atomic mass is 35.5. The number of anilines is 1. The Bertz CT molecular complexity index is 1050. The van der Waals surface area contributed by atoms with Gasteiger partial charge in [-0.15, -0.1) is 0 Å². The van der Waals surface area contributed by atoms with Crippen LogP contribution in [0.15, 0.2) is 42.6 Å². The summed E-state index contributed by atoms with van der Waals surface area (Å²) in [5.74, 6) is 1.95. The van der Waals surface area contributed by atoms with Crippen molar-refractivity contribution in [3.63, 3.8) is 0 Å². The predicted octanol–water partition coefficient (Wildman–Crippen LogP) is 5.43. The van der Waals surface area contributed by atoms with Gasteiger partial charge in [0.05, 0.1) is 26.8 Å². The van der Waals surface area contributed by atoms with Crippen molar-refractivity contribution in [1.82, 2.24) is 10.3 Å². The van der Waals surface area contributed by atoms with Gasteiger partial charge in [0.1, 0.15) is 0 Å². The molecule has 170 valence electrons. The van der Waals surface area contributed by atoms with Gasteiger partial charge in [-0.2, -0.15) is 0 Å². The van der Waals surface area contributed by atoms with Crippen LogP contribution in [0, 0.1) is 0 Å². The van der Waals surface area contributed by atoms with Crippen LogP contribution in [0.25, 0.3) is 10.9 Å². The van der Waals surface area contributed by atoms with Crippen LogP contribution in [0.1, 0.15) is 31.2 Å². The van der Waals surface area contributed by atoms with Crippen molar-refractivity contribution >= 4 is 28.2 Å². The second kappa shape index (κ2) is 10.3.